The molecule has 0 aliphatic heterocycles. The Balaban J connectivity index is 0. The Morgan fingerprint density at radius 3 is 1.78 bits per heavy atom. The van der Waals surface area contributed by atoms with Crippen molar-refractivity contribution in [2.24, 2.45) is 0 Å². The molecule has 0 atom stereocenters. The molecule has 0 saturated heterocycles. The third kappa shape index (κ3) is 11.5. The van der Waals surface area contributed by atoms with Gasteiger partial charge in [-0.2, -0.15) is 18.2 Å². The summed E-state index contributed by atoms with van der Waals surface area (Å²) in [6.45, 7) is 1.93. The van der Waals surface area contributed by atoms with E-state index in [0.29, 0.717) is 0 Å². The standard InChI is InChI=1S/C5H5.C2H6O.Ru/c1-2-4-5-3-1;1-2-3;/h1-5H;3H,2H2,1H3;/q-1;;+1. The fourth-order valence-corrected chi connectivity index (χ4v) is 0.321. The maximum Gasteiger partial charge on any atom is 1.00 e. The van der Waals surface area contributed by atoms with Crippen molar-refractivity contribution in [2.45, 2.75) is 6.92 Å². The van der Waals surface area contributed by atoms with Gasteiger partial charge >= 0.3 is 19.5 Å². The molecule has 2 heteroatoms. The Labute approximate surface area is 68.8 Å². The summed E-state index contributed by atoms with van der Waals surface area (Å²) in [4.78, 5) is 0. The van der Waals surface area contributed by atoms with Crippen LogP contribution in [-0.2, 0) is 19.5 Å². The van der Waals surface area contributed by atoms with Crippen molar-refractivity contribution in [3.63, 3.8) is 0 Å². The average molecular weight is 212 g/mol. The smallest absolute Gasteiger partial charge is 0.397 e. The predicted molar refractivity (Wildman–Crippen MR) is 34.8 cm³/mol. The second-order valence-electron chi connectivity index (χ2n) is 1.28. The Bertz CT molecular complexity index is 75.8. The van der Waals surface area contributed by atoms with E-state index in [1.165, 1.54) is 0 Å². The molecular formula is C7H11ORu. The van der Waals surface area contributed by atoms with Gasteiger partial charge in [-0.15, -0.1) is 0 Å². The van der Waals surface area contributed by atoms with Crippen molar-refractivity contribution in [1.82, 2.24) is 0 Å². The van der Waals surface area contributed by atoms with Crippen LogP contribution in [-0.4, -0.2) is 11.7 Å². The molecular weight excluding hydrogens is 201 g/mol. The molecule has 1 nitrogen and oxygen atoms in total. The largest absolute Gasteiger partial charge is 1.00 e. The fourth-order valence-electron chi connectivity index (χ4n) is 0.321. The van der Waals surface area contributed by atoms with Gasteiger partial charge in [0.15, 0.2) is 0 Å². The van der Waals surface area contributed by atoms with Gasteiger partial charge in [-0.25, -0.2) is 12.1 Å². The third-order valence-electron chi connectivity index (χ3n) is 0.556. The van der Waals surface area contributed by atoms with Gasteiger partial charge in [0.05, 0.1) is 0 Å². The van der Waals surface area contributed by atoms with Crippen molar-refractivity contribution in [3.05, 3.63) is 30.3 Å². The summed E-state index contributed by atoms with van der Waals surface area (Å²) in [5.41, 5.74) is 0. The zero-order chi connectivity index (χ0) is 6.24. The minimum atomic E-state index is 0. The van der Waals surface area contributed by atoms with E-state index < -0.39 is 0 Å². The number of hydrogen-bond donors (Lipinski definition) is 1. The Morgan fingerprint density at radius 2 is 1.67 bits per heavy atom. The van der Waals surface area contributed by atoms with Gasteiger partial charge < -0.3 is 5.11 Å². The molecule has 0 aliphatic carbocycles. The minimum Gasteiger partial charge on any atom is -0.397 e. The molecule has 1 rings (SSSR count). The monoisotopic (exact) mass is 213 g/mol. The first-order valence-corrected chi connectivity index (χ1v) is 2.69. The first-order chi connectivity index (χ1) is 3.91. The van der Waals surface area contributed by atoms with Crippen LogP contribution >= 0.6 is 0 Å². The van der Waals surface area contributed by atoms with Crippen LogP contribution in [0.5, 0.6) is 0 Å². The molecule has 0 heterocycles. The summed E-state index contributed by atoms with van der Waals surface area (Å²) in [5.74, 6) is 0. The first-order valence-electron chi connectivity index (χ1n) is 2.69. The molecule has 0 aliphatic rings. The third-order valence-corrected chi connectivity index (χ3v) is 0.556. The van der Waals surface area contributed by atoms with Gasteiger partial charge in [-0.3, -0.25) is 0 Å². The van der Waals surface area contributed by atoms with Crippen molar-refractivity contribution < 1.29 is 24.6 Å². The number of rotatable bonds is 0. The van der Waals surface area contributed by atoms with Gasteiger partial charge in [0.25, 0.3) is 0 Å². The van der Waals surface area contributed by atoms with Crippen LogP contribution in [0.4, 0.5) is 0 Å². The van der Waals surface area contributed by atoms with E-state index in [2.05, 4.69) is 0 Å². The van der Waals surface area contributed by atoms with E-state index >= 15 is 0 Å². The Hall–Kier alpha value is -0.0666. The second kappa shape index (κ2) is 10.8. The summed E-state index contributed by atoms with van der Waals surface area (Å²) >= 11 is 0. The normalized spacial score (nSPS) is 6.44. The number of aliphatic hydroxyl groups is 1. The first kappa shape index (κ1) is 11.7. The SMILES string of the molecule is CCO.[Ru+].c1cc[cH-]c1. The van der Waals surface area contributed by atoms with E-state index in [4.69, 9.17) is 5.11 Å². The van der Waals surface area contributed by atoms with E-state index in [-0.39, 0.29) is 26.1 Å². The molecule has 0 fully saturated rings. The van der Waals surface area contributed by atoms with Gasteiger partial charge in [0.1, 0.15) is 0 Å². The maximum atomic E-state index is 7.57. The molecule has 9 heavy (non-hydrogen) atoms. The topological polar surface area (TPSA) is 20.2 Å². The second-order valence-corrected chi connectivity index (χ2v) is 1.28. The fraction of sp³-hybridized carbons (Fsp3) is 0.286. The maximum absolute atomic E-state index is 7.57. The molecule has 0 unspecified atom stereocenters. The molecule has 0 saturated carbocycles. The van der Waals surface area contributed by atoms with Crippen LogP contribution in [0.25, 0.3) is 0 Å². The summed E-state index contributed by atoms with van der Waals surface area (Å²) in [5, 5.41) is 7.57. The average Bonchev–Trinajstić information content (AvgIpc) is 2.17. The summed E-state index contributed by atoms with van der Waals surface area (Å²) < 4.78 is 0. The molecule has 0 amide bonds. The van der Waals surface area contributed by atoms with Gasteiger partial charge in [-0.05, 0) is 6.92 Å². The van der Waals surface area contributed by atoms with E-state index in [1.807, 2.05) is 30.3 Å². The molecule has 0 spiro atoms. The van der Waals surface area contributed by atoms with Crippen molar-refractivity contribution >= 4 is 0 Å². The molecule has 53 valence electrons. The van der Waals surface area contributed by atoms with Crippen LogP contribution in [0, 0.1) is 0 Å². The Morgan fingerprint density at radius 1 is 1.33 bits per heavy atom. The molecule has 1 aromatic carbocycles. The van der Waals surface area contributed by atoms with E-state index in [1.54, 1.807) is 6.92 Å². The number of aliphatic hydroxyl groups excluding tert-OH is 1. The van der Waals surface area contributed by atoms with Crippen LogP contribution in [0.3, 0.4) is 0 Å². The number of hydrogen-bond acceptors (Lipinski definition) is 1. The Kier molecular flexibility index (Phi) is 14.1. The van der Waals surface area contributed by atoms with Crippen LogP contribution < -0.4 is 0 Å². The van der Waals surface area contributed by atoms with Gasteiger partial charge in [0, 0.05) is 6.61 Å². The molecule has 1 N–H and O–H groups in total. The molecule has 1 radical (unpaired) electrons. The van der Waals surface area contributed by atoms with Gasteiger partial charge in [0.2, 0.25) is 0 Å². The van der Waals surface area contributed by atoms with Gasteiger partial charge in [-0.1, -0.05) is 0 Å². The van der Waals surface area contributed by atoms with Crippen LogP contribution in [0.15, 0.2) is 30.3 Å². The summed E-state index contributed by atoms with van der Waals surface area (Å²) in [6, 6.07) is 10.0. The van der Waals surface area contributed by atoms with E-state index in [9.17, 15) is 0 Å². The van der Waals surface area contributed by atoms with Crippen LogP contribution in [0.1, 0.15) is 6.92 Å². The van der Waals surface area contributed by atoms with Crippen LogP contribution in [0.2, 0.25) is 0 Å². The van der Waals surface area contributed by atoms with Crippen molar-refractivity contribution in [2.75, 3.05) is 6.61 Å². The predicted octanol–water partition coefficient (Wildman–Crippen LogP) is 1.40. The minimum absolute atomic E-state index is 0. The van der Waals surface area contributed by atoms with Crippen molar-refractivity contribution in [3.8, 4) is 0 Å². The zero-order valence-electron chi connectivity index (χ0n) is 5.39. The molecule has 0 bridgehead atoms. The van der Waals surface area contributed by atoms with Crippen molar-refractivity contribution in [1.29, 1.82) is 0 Å². The van der Waals surface area contributed by atoms with E-state index in [0.717, 1.165) is 0 Å². The zero-order valence-corrected chi connectivity index (χ0v) is 7.13. The summed E-state index contributed by atoms with van der Waals surface area (Å²) in [7, 11) is 0. The molecule has 1 aromatic rings. The molecule has 0 aromatic heterocycles. The quantitative estimate of drug-likeness (QED) is 0.509. The summed E-state index contributed by atoms with van der Waals surface area (Å²) in [6.07, 6.45) is 0.